The second kappa shape index (κ2) is 6.18. The van der Waals surface area contributed by atoms with Crippen LogP contribution in [0, 0.1) is 0 Å². The third kappa shape index (κ3) is 3.30. The van der Waals surface area contributed by atoms with Gasteiger partial charge in [-0.1, -0.05) is 31.5 Å². The summed E-state index contributed by atoms with van der Waals surface area (Å²) in [7, 11) is 3.80. The van der Waals surface area contributed by atoms with Crippen molar-refractivity contribution in [3.05, 3.63) is 29.8 Å². The highest BCUT2D eigenvalue weighted by molar-refractivity contribution is 6.28. The van der Waals surface area contributed by atoms with Crippen LogP contribution in [0.5, 0.6) is 0 Å². The summed E-state index contributed by atoms with van der Waals surface area (Å²) in [4.78, 5) is 11.9. The topological polar surface area (TPSA) is 17.1 Å². The van der Waals surface area contributed by atoms with Gasteiger partial charge in [-0.05, 0) is 18.9 Å². The molecule has 3 heteroatoms. The van der Waals surface area contributed by atoms with Crippen molar-refractivity contribution in [3.63, 3.8) is 0 Å². The number of rotatable bonds is 5. The fraction of sp³-hybridized carbons (Fsp3) is 0.500. The third-order valence-electron chi connectivity index (χ3n) is 3.13. The zero-order valence-electron chi connectivity index (χ0n) is 10.9. The number of hydrogen-bond donors (Lipinski definition) is 0. The van der Waals surface area contributed by atoms with E-state index in [2.05, 4.69) is 13.0 Å². The SMILES string of the molecule is CCCCc1ccccc1[N+](C)(C)C(=O)CCl. The number of carbonyl (C=O) groups is 1. The Labute approximate surface area is 109 Å². The number of unbranched alkanes of at least 4 members (excludes halogenated alkanes) is 1. The molecule has 94 valence electrons. The van der Waals surface area contributed by atoms with Gasteiger partial charge < -0.3 is 0 Å². The lowest BCUT2D eigenvalue weighted by Crippen LogP contribution is -2.48. The lowest BCUT2D eigenvalue weighted by Gasteiger charge is -2.27. The maximum absolute atomic E-state index is 11.9. The lowest BCUT2D eigenvalue weighted by molar-refractivity contribution is -0.125. The highest BCUT2D eigenvalue weighted by Gasteiger charge is 2.30. The number of amides is 1. The second-order valence-electron chi connectivity index (χ2n) is 4.71. The van der Waals surface area contributed by atoms with Crippen LogP contribution in [0.3, 0.4) is 0 Å². The van der Waals surface area contributed by atoms with E-state index in [1.165, 1.54) is 5.56 Å². The highest BCUT2D eigenvalue weighted by Crippen LogP contribution is 2.26. The molecule has 0 unspecified atom stereocenters. The fourth-order valence-corrected chi connectivity index (χ4v) is 2.22. The van der Waals surface area contributed by atoms with Crippen molar-refractivity contribution in [2.45, 2.75) is 26.2 Å². The molecular weight excluding hydrogens is 234 g/mol. The average Bonchev–Trinajstić information content (AvgIpc) is 2.35. The predicted molar refractivity (Wildman–Crippen MR) is 74.4 cm³/mol. The quantitative estimate of drug-likeness (QED) is 0.582. The first-order chi connectivity index (χ1) is 8.04. The molecule has 0 aliphatic heterocycles. The summed E-state index contributed by atoms with van der Waals surface area (Å²) in [6.07, 6.45) is 3.32. The predicted octanol–water partition coefficient (Wildman–Crippen LogP) is 3.36. The molecule has 0 aliphatic rings. The number of benzene rings is 1. The Morgan fingerprint density at radius 2 is 1.94 bits per heavy atom. The van der Waals surface area contributed by atoms with E-state index in [1.807, 2.05) is 32.3 Å². The number of quaternary nitrogens is 1. The van der Waals surface area contributed by atoms with Crippen molar-refractivity contribution in [1.29, 1.82) is 0 Å². The van der Waals surface area contributed by atoms with Gasteiger partial charge in [0.25, 0.3) is 0 Å². The molecule has 0 atom stereocenters. The second-order valence-corrected chi connectivity index (χ2v) is 4.98. The van der Waals surface area contributed by atoms with Gasteiger partial charge in [0.15, 0.2) is 0 Å². The first-order valence-electron chi connectivity index (χ1n) is 6.05. The largest absolute Gasteiger partial charge is 0.333 e. The maximum Gasteiger partial charge on any atom is 0.333 e. The van der Waals surface area contributed by atoms with Crippen molar-refractivity contribution in [3.8, 4) is 0 Å². The van der Waals surface area contributed by atoms with Crippen LogP contribution < -0.4 is 4.48 Å². The van der Waals surface area contributed by atoms with Crippen molar-refractivity contribution in [1.82, 2.24) is 4.48 Å². The smallest absolute Gasteiger partial charge is 0.232 e. The minimum atomic E-state index is 0.0237. The molecule has 0 saturated heterocycles. The van der Waals surface area contributed by atoms with Gasteiger partial charge in [0.2, 0.25) is 0 Å². The Balaban J connectivity index is 3.07. The minimum Gasteiger partial charge on any atom is -0.232 e. The zero-order valence-corrected chi connectivity index (χ0v) is 11.6. The minimum absolute atomic E-state index is 0.0237. The number of halogens is 1. The molecule has 0 heterocycles. The van der Waals surface area contributed by atoms with E-state index in [9.17, 15) is 4.79 Å². The molecule has 0 aliphatic carbocycles. The number of hydrogen-bond acceptors (Lipinski definition) is 1. The number of nitrogens with zero attached hydrogens (tertiary/aromatic N) is 1. The zero-order chi connectivity index (χ0) is 12.9. The Morgan fingerprint density at radius 3 is 2.53 bits per heavy atom. The highest BCUT2D eigenvalue weighted by atomic mass is 35.5. The van der Waals surface area contributed by atoms with Gasteiger partial charge >= 0.3 is 5.91 Å². The van der Waals surface area contributed by atoms with Gasteiger partial charge in [-0.25, -0.2) is 9.28 Å². The number of aryl methyl sites for hydroxylation is 1. The molecule has 0 bridgehead atoms. The summed E-state index contributed by atoms with van der Waals surface area (Å²) in [6.45, 7) is 2.17. The molecule has 0 saturated carbocycles. The van der Waals surface area contributed by atoms with Crippen LogP contribution in [0.2, 0.25) is 0 Å². The molecule has 17 heavy (non-hydrogen) atoms. The van der Waals surface area contributed by atoms with Gasteiger partial charge in [0, 0.05) is 5.56 Å². The fourth-order valence-electron chi connectivity index (χ4n) is 1.92. The van der Waals surface area contributed by atoms with E-state index in [-0.39, 0.29) is 16.3 Å². The van der Waals surface area contributed by atoms with Crippen LogP contribution in [-0.2, 0) is 11.2 Å². The monoisotopic (exact) mass is 254 g/mol. The van der Waals surface area contributed by atoms with Crippen LogP contribution in [-0.4, -0.2) is 25.9 Å². The van der Waals surface area contributed by atoms with Crippen molar-refractivity contribution in [2.75, 3.05) is 20.0 Å². The third-order valence-corrected chi connectivity index (χ3v) is 3.36. The number of carbonyl (C=O) groups excluding carboxylic acids is 1. The molecule has 1 aromatic carbocycles. The molecule has 0 fully saturated rings. The van der Waals surface area contributed by atoms with E-state index < -0.39 is 0 Å². The summed E-state index contributed by atoms with van der Waals surface area (Å²) in [5, 5.41) is 0. The van der Waals surface area contributed by atoms with Crippen LogP contribution >= 0.6 is 11.6 Å². The number of alkyl halides is 1. The van der Waals surface area contributed by atoms with E-state index >= 15 is 0 Å². The Morgan fingerprint density at radius 1 is 1.29 bits per heavy atom. The molecule has 0 aromatic heterocycles. The summed E-state index contributed by atoms with van der Waals surface area (Å²) in [5.74, 6) is 0.0744. The van der Waals surface area contributed by atoms with Crippen molar-refractivity contribution in [2.24, 2.45) is 0 Å². The van der Waals surface area contributed by atoms with Crippen molar-refractivity contribution < 1.29 is 4.79 Å². The molecule has 1 amide bonds. The summed E-state index contributed by atoms with van der Waals surface area (Å²) >= 11 is 5.68. The first kappa shape index (κ1) is 14.2. The van der Waals surface area contributed by atoms with Crippen LogP contribution in [0.1, 0.15) is 25.3 Å². The van der Waals surface area contributed by atoms with E-state index in [1.54, 1.807) is 0 Å². The summed E-state index contributed by atoms with van der Waals surface area (Å²) < 4.78 is 0.226. The molecule has 2 nitrogen and oxygen atoms in total. The van der Waals surface area contributed by atoms with Crippen LogP contribution in [0.25, 0.3) is 0 Å². The molecule has 0 spiro atoms. The first-order valence-corrected chi connectivity index (χ1v) is 6.59. The molecule has 0 N–H and O–H groups in total. The Bertz CT molecular complexity index is 388. The molecule has 0 radical (unpaired) electrons. The van der Waals surface area contributed by atoms with E-state index in [0.29, 0.717) is 0 Å². The van der Waals surface area contributed by atoms with Crippen LogP contribution in [0.15, 0.2) is 24.3 Å². The van der Waals surface area contributed by atoms with Gasteiger partial charge in [0.1, 0.15) is 11.6 Å². The van der Waals surface area contributed by atoms with E-state index in [4.69, 9.17) is 11.6 Å². The number of para-hydroxylation sites is 1. The molecular formula is C14H21ClNO+. The van der Waals surface area contributed by atoms with Crippen LogP contribution in [0.4, 0.5) is 5.69 Å². The summed E-state index contributed by atoms with van der Waals surface area (Å²) in [5.41, 5.74) is 2.31. The normalized spacial score (nSPS) is 11.5. The molecule has 1 aromatic rings. The lowest BCUT2D eigenvalue weighted by atomic mass is 10.0. The van der Waals surface area contributed by atoms with Crippen molar-refractivity contribution >= 4 is 23.2 Å². The average molecular weight is 255 g/mol. The van der Waals surface area contributed by atoms with Gasteiger partial charge in [-0.3, -0.25) is 0 Å². The van der Waals surface area contributed by atoms with Gasteiger partial charge in [0.05, 0.1) is 14.1 Å². The van der Waals surface area contributed by atoms with E-state index in [0.717, 1.165) is 24.9 Å². The van der Waals surface area contributed by atoms with Gasteiger partial charge in [-0.2, -0.15) is 0 Å². The molecule has 1 rings (SSSR count). The Hall–Kier alpha value is -0.860. The Kier molecular flexibility index (Phi) is 5.16. The maximum atomic E-state index is 11.9. The summed E-state index contributed by atoms with van der Waals surface area (Å²) in [6, 6.07) is 8.13. The standard InChI is InChI=1S/C14H21ClNO/c1-4-5-8-12-9-6-7-10-13(12)16(2,3)14(17)11-15/h6-7,9-10H,4-5,8,11H2,1-3H3/q+1. The van der Waals surface area contributed by atoms with Gasteiger partial charge in [-0.15, -0.1) is 11.6 Å².